The highest BCUT2D eigenvalue weighted by atomic mass is 35.5. The number of sulfonamides is 1. The zero-order chi connectivity index (χ0) is 78.6. The van der Waals surface area contributed by atoms with E-state index in [1.54, 1.807) is 60.0 Å². The van der Waals surface area contributed by atoms with Crippen molar-refractivity contribution in [3.05, 3.63) is 144 Å². The van der Waals surface area contributed by atoms with E-state index in [0.717, 1.165) is 41.9 Å². The molecule has 1 unspecified atom stereocenters. The number of carbonyl (C=O) groups is 5. The molecule has 7 aromatic rings. The molecule has 3 aliphatic heterocycles. The van der Waals surface area contributed by atoms with Crippen LogP contribution in [0.2, 0.25) is 10.0 Å². The van der Waals surface area contributed by atoms with Crippen LogP contribution in [0.15, 0.2) is 97.8 Å². The van der Waals surface area contributed by atoms with Gasteiger partial charge in [-0.2, -0.15) is 38.3 Å². The molecule has 0 saturated carbocycles. The van der Waals surface area contributed by atoms with E-state index in [0.29, 0.717) is 83.3 Å². The Labute approximate surface area is 620 Å². The number of fused-ring (bicyclic) bond motifs is 1. The number of methoxy groups -OCH3 is 1. The Morgan fingerprint density at radius 1 is 0.792 bits per heavy atom. The van der Waals surface area contributed by atoms with Gasteiger partial charge in [0.1, 0.15) is 29.3 Å². The van der Waals surface area contributed by atoms with E-state index in [4.69, 9.17) is 51.7 Å². The van der Waals surface area contributed by atoms with Gasteiger partial charge in [-0.15, -0.1) is 0 Å². The van der Waals surface area contributed by atoms with Crippen LogP contribution in [-0.2, 0) is 92.7 Å². The van der Waals surface area contributed by atoms with E-state index in [-0.39, 0.29) is 82.1 Å². The molecule has 0 fully saturated rings. The lowest BCUT2D eigenvalue weighted by Gasteiger charge is -2.32. The first-order valence-corrected chi connectivity index (χ1v) is 37.3. The number of rotatable bonds is 19. The van der Waals surface area contributed by atoms with Crippen molar-refractivity contribution in [1.29, 1.82) is 0 Å². The van der Waals surface area contributed by atoms with Gasteiger partial charge in [0.05, 0.1) is 84.5 Å². The number of benzene rings is 4. The van der Waals surface area contributed by atoms with E-state index in [2.05, 4.69) is 68.5 Å². The van der Waals surface area contributed by atoms with Crippen LogP contribution in [0.25, 0.3) is 11.1 Å². The number of amides is 2. The minimum absolute atomic E-state index is 0.0493. The maximum absolute atomic E-state index is 13.5. The number of hydrogen-bond donors (Lipinski definition) is 3. The minimum atomic E-state index is -4.45. The van der Waals surface area contributed by atoms with E-state index in [9.17, 15) is 63.9 Å². The van der Waals surface area contributed by atoms with Gasteiger partial charge >= 0.3 is 36.1 Å². The number of ketones is 1. The Kier molecular flexibility index (Phi) is 27.6. The van der Waals surface area contributed by atoms with E-state index < -0.39 is 78.5 Å². The molecule has 0 spiro atoms. The lowest BCUT2D eigenvalue weighted by molar-refractivity contribution is -0.148. The Morgan fingerprint density at radius 3 is 2.01 bits per heavy atom. The molecule has 572 valence electrons. The number of esters is 3. The average Bonchev–Trinajstić information content (AvgIpc) is 1.58. The van der Waals surface area contributed by atoms with Crippen LogP contribution in [0.1, 0.15) is 130 Å². The molecule has 0 aliphatic carbocycles. The minimum Gasteiger partial charge on any atom is -0.493 e. The van der Waals surface area contributed by atoms with Gasteiger partial charge in [0.15, 0.2) is 21.2 Å². The SMILES string of the molecule is CCOC(=O)C1=NN(c2ccc(Cl)cc2Cl)C(C)(C(=O)OCC)C1.CCc1cc(C)cc(CC)c1-c1c(OC(=O)C(C)(C)C)n2n(c1=O)CCOCC2.COc1nc(C)nc(NC(=O)NS(=O)(=O)c2ccccc2CCC(F)(F)F)n1.Cc1c(C(=O)c2cnn(C)c2O)ccc(S(C)(=O)=O)c1C1=NOCC1. The number of halogens is 5. The zero-order valence-corrected chi connectivity index (χ0v) is 63.9. The first-order valence-electron chi connectivity index (χ1n) is 33.2. The predicted molar refractivity (Wildman–Crippen MR) is 387 cm³/mol. The number of carbonyl (C=O) groups excluding carboxylic acids is 5. The van der Waals surface area contributed by atoms with Gasteiger partial charge in [0, 0.05) is 48.7 Å². The summed E-state index contributed by atoms with van der Waals surface area (Å²) in [4.78, 5) is 91.7. The highest BCUT2D eigenvalue weighted by Crippen LogP contribution is 2.41. The molecule has 0 saturated heterocycles. The number of urea groups is 1. The van der Waals surface area contributed by atoms with Gasteiger partial charge in [0.25, 0.3) is 15.6 Å². The van der Waals surface area contributed by atoms with Crippen LogP contribution in [0.5, 0.6) is 17.8 Å². The van der Waals surface area contributed by atoms with Crippen LogP contribution in [0.4, 0.5) is 29.6 Å². The molecular formula is C70H83Cl2F3N12O17S2. The van der Waals surface area contributed by atoms with Crippen molar-refractivity contribution in [2.24, 2.45) is 22.7 Å². The van der Waals surface area contributed by atoms with Crippen LogP contribution >= 0.6 is 23.2 Å². The number of oxime groups is 1. The number of alkyl halides is 3. The summed E-state index contributed by atoms with van der Waals surface area (Å²) in [6.07, 6.45) is -1.70. The van der Waals surface area contributed by atoms with Gasteiger partial charge in [0.2, 0.25) is 17.7 Å². The van der Waals surface area contributed by atoms with Crippen molar-refractivity contribution >= 4 is 95.8 Å². The Bertz CT molecular complexity index is 4820. The van der Waals surface area contributed by atoms with E-state index >= 15 is 0 Å². The number of nitrogens with one attached hydrogen (secondary N) is 2. The molecule has 3 aliphatic rings. The van der Waals surface area contributed by atoms with Crippen molar-refractivity contribution < 1.29 is 87.6 Å². The first-order chi connectivity index (χ1) is 49.7. The van der Waals surface area contributed by atoms with Crippen molar-refractivity contribution in [3.63, 3.8) is 0 Å². The molecule has 29 nitrogen and oxygen atoms in total. The molecule has 3 aromatic heterocycles. The van der Waals surface area contributed by atoms with Crippen LogP contribution < -0.4 is 30.1 Å². The highest BCUT2D eigenvalue weighted by molar-refractivity contribution is 7.91. The fraction of sp³-hybridized carbons (Fsp3) is 0.429. The normalized spacial score (nSPS) is 14.9. The third-order valence-corrected chi connectivity index (χ3v) is 19.4. The molecule has 3 N–H and O–H groups in total. The lowest BCUT2D eigenvalue weighted by atomic mass is 9.91. The molecule has 0 radical (unpaired) electrons. The molecular weight excluding hydrogens is 1470 g/mol. The summed E-state index contributed by atoms with van der Waals surface area (Å²) in [5.41, 5.74) is 4.98. The van der Waals surface area contributed by atoms with Gasteiger partial charge in [-0.25, -0.2) is 55.0 Å². The van der Waals surface area contributed by atoms with Crippen molar-refractivity contribution in [2.45, 2.75) is 149 Å². The number of ether oxygens (including phenoxy) is 5. The van der Waals surface area contributed by atoms with Crippen molar-refractivity contribution in [1.82, 2.24) is 38.8 Å². The lowest BCUT2D eigenvalue weighted by Crippen LogP contribution is -2.48. The number of aromatic hydroxyl groups is 1. The number of nitrogens with zero attached hydrogens (tertiary/aromatic N) is 10. The standard InChI is InChI=1S/C23H32N2O4.C16H18Cl2N2O4.C16H17N3O5S.C15H16F3N5O4S/c1-7-16-13-15(3)14-17(8-2)18(16)19-20(26)24-9-11-28-12-10-25(24)21(19)29-22(27)23(4,5)6;1-4-23-14(21)12-9-16(3,15(22)24-5-2)20(19-12)13-7-6-10(17)8-11(13)18;1-9-10(15(20)11-8-17-19(2)16(11)21)4-5-13(25(3,22)23)14(9)12-6-7-24-18-12;1-9-19-12(22-14(20-9)27-2)21-13(24)23-28(25,26)11-6-4-3-5-10(11)7-8-15(16,17)18/h13-14H,7-12H2,1-6H3;6-8H,4-5,9H2,1-3H3;4-5,8,21H,6-7H2,1-3H3;3-6H,7-8H2,1-2H3,(H2,19,20,21,22,23,24). The molecule has 6 heterocycles. The number of aryl methyl sites for hydroxylation is 6. The topological polar surface area (TPSA) is 365 Å². The molecule has 10 rings (SSSR count). The largest absolute Gasteiger partial charge is 0.493 e. The molecule has 0 bridgehead atoms. The molecule has 106 heavy (non-hydrogen) atoms. The average molecular weight is 1560 g/mol. The maximum atomic E-state index is 13.5. The summed E-state index contributed by atoms with van der Waals surface area (Å²) in [6, 6.07) is 15.7. The van der Waals surface area contributed by atoms with Crippen LogP contribution in [-0.4, -0.2) is 155 Å². The number of anilines is 2. The third-order valence-electron chi connectivity index (χ3n) is 16.3. The summed E-state index contributed by atoms with van der Waals surface area (Å²) < 4.78 is 119. The van der Waals surface area contributed by atoms with Crippen molar-refractivity contribution in [3.8, 4) is 28.9 Å². The first kappa shape index (κ1) is 83.5. The summed E-state index contributed by atoms with van der Waals surface area (Å²) in [6.45, 7) is 22.5. The van der Waals surface area contributed by atoms with Gasteiger partial charge in [-0.05, 0) is 146 Å². The summed E-state index contributed by atoms with van der Waals surface area (Å²) in [5, 5.41) is 26.3. The molecule has 36 heteroatoms. The molecule has 1 atom stereocenters. The van der Waals surface area contributed by atoms with Crippen molar-refractivity contribution in [2.75, 3.05) is 56.7 Å². The second-order valence-electron chi connectivity index (χ2n) is 25.3. The number of hydrazone groups is 1. The number of aromatic nitrogens is 7. The van der Waals surface area contributed by atoms with Gasteiger partial charge in [-0.1, -0.05) is 78.1 Å². The summed E-state index contributed by atoms with van der Waals surface area (Å²) in [5.74, 6) is -1.82. The fourth-order valence-electron chi connectivity index (χ4n) is 11.2. The third kappa shape index (κ3) is 20.2. The predicted octanol–water partition coefficient (Wildman–Crippen LogP) is 10.6. The number of hydrogen-bond acceptors (Lipinski definition) is 24. The summed E-state index contributed by atoms with van der Waals surface area (Å²) in [7, 11) is -5.15. The quantitative estimate of drug-likeness (QED) is 0.0500. The fourth-order valence-corrected chi connectivity index (χ4v) is 13.8. The maximum Gasteiger partial charge on any atom is 0.389 e. The second kappa shape index (κ2) is 35.1. The highest BCUT2D eigenvalue weighted by Gasteiger charge is 2.50. The molecule has 4 aromatic carbocycles. The Hall–Kier alpha value is -9.77. The number of sulfone groups is 1. The van der Waals surface area contributed by atoms with Gasteiger partial charge < -0.3 is 33.6 Å². The smallest absolute Gasteiger partial charge is 0.389 e. The Morgan fingerprint density at radius 2 is 1.44 bits per heavy atom. The molecule has 2 amide bonds. The van der Waals surface area contributed by atoms with E-state index in [1.165, 1.54) is 72.9 Å². The van der Waals surface area contributed by atoms with Crippen LogP contribution in [0.3, 0.4) is 0 Å². The van der Waals surface area contributed by atoms with Crippen LogP contribution in [0, 0.1) is 26.2 Å². The van der Waals surface area contributed by atoms with E-state index in [1.807, 2.05) is 20.8 Å². The summed E-state index contributed by atoms with van der Waals surface area (Å²) >= 11 is 12.2. The second-order valence-corrected chi connectivity index (χ2v) is 29.8. The Balaban J connectivity index is 0.000000198. The van der Waals surface area contributed by atoms with Gasteiger partial charge in [-0.3, -0.25) is 19.7 Å². The monoisotopic (exact) mass is 1550 g/mol. The zero-order valence-electron chi connectivity index (χ0n) is 60.8.